The lowest BCUT2D eigenvalue weighted by molar-refractivity contribution is 0.142. The van der Waals surface area contributed by atoms with Crippen LogP contribution in [0, 0.1) is 5.92 Å². The molecule has 0 radical (unpaired) electrons. The monoisotopic (exact) mass is 414 g/mol. The molecule has 29 heavy (non-hydrogen) atoms. The van der Waals surface area contributed by atoms with Gasteiger partial charge in [-0.3, -0.25) is 4.79 Å². The predicted molar refractivity (Wildman–Crippen MR) is 111 cm³/mol. The molecule has 2 aliphatic heterocycles. The van der Waals surface area contributed by atoms with Gasteiger partial charge in [0.05, 0.1) is 12.4 Å². The van der Waals surface area contributed by atoms with Gasteiger partial charge < -0.3 is 9.30 Å². The summed E-state index contributed by atoms with van der Waals surface area (Å²) in [5, 5.41) is -0.198. The van der Waals surface area contributed by atoms with Gasteiger partial charge in [-0.1, -0.05) is 18.2 Å². The van der Waals surface area contributed by atoms with Gasteiger partial charge in [-0.25, -0.2) is 12.7 Å². The second-order valence-corrected chi connectivity index (χ2v) is 10.7. The zero-order valence-corrected chi connectivity index (χ0v) is 17.3. The van der Waals surface area contributed by atoms with Crippen molar-refractivity contribution in [3.8, 4) is 5.75 Å². The fraction of sp³-hybridized carbons (Fsp3) is 0.500. The number of piperidine rings is 1. The van der Waals surface area contributed by atoms with Crippen LogP contribution >= 0.6 is 0 Å². The third kappa shape index (κ3) is 3.30. The summed E-state index contributed by atoms with van der Waals surface area (Å²) in [4.78, 5) is 12.8. The van der Waals surface area contributed by atoms with E-state index in [1.807, 2.05) is 34.9 Å². The molecule has 154 valence electrons. The van der Waals surface area contributed by atoms with Crippen LogP contribution in [0.5, 0.6) is 5.75 Å². The third-order valence-corrected chi connectivity index (χ3v) is 8.98. The molecule has 1 aromatic carbocycles. The Morgan fingerprint density at radius 2 is 1.90 bits per heavy atom. The highest BCUT2D eigenvalue weighted by Gasteiger charge is 2.47. The van der Waals surface area contributed by atoms with Gasteiger partial charge in [-0.15, -0.1) is 0 Å². The molecule has 3 atom stereocenters. The summed E-state index contributed by atoms with van der Waals surface area (Å²) >= 11 is 0. The molecule has 0 amide bonds. The number of sulfonamides is 1. The van der Waals surface area contributed by atoms with Crippen LogP contribution in [0.25, 0.3) is 0 Å². The Morgan fingerprint density at radius 1 is 1.10 bits per heavy atom. The van der Waals surface area contributed by atoms with Crippen LogP contribution in [0.3, 0.4) is 0 Å². The van der Waals surface area contributed by atoms with Crippen molar-refractivity contribution < 1.29 is 13.2 Å². The second-order valence-electron chi connectivity index (χ2n) is 8.54. The van der Waals surface area contributed by atoms with Gasteiger partial charge in [0.15, 0.2) is 0 Å². The second kappa shape index (κ2) is 6.99. The molecule has 0 N–H and O–H groups in total. The first-order valence-corrected chi connectivity index (χ1v) is 11.8. The van der Waals surface area contributed by atoms with Crippen molar-refractivity contribution in [2.24, 2.45) is 5.92 Å². The summed E-state index contributed by atoms with van der Waals surface area (Å²) in [5.41, 5.74) is 2.07. The van der Waals surface area contributed by atoms with Gasteiger partial charge in [0.25, 0.3) is 5.56 Å². The van der Waals surface area contributed by atoms with E-state index < -0.39 is 10.0 Å². The largest absolute Gasteiger partial charge is 0.497 e. The molecule has 3 heterocycles. The molecule has 2 bridgehead atoms. The van der Waals surface area contributed by atoms with Crippen LogP contribution in [-0.4, -0.2) is 42.7 Å². The molecule has 3 aliphatic rings. The Balaban J connectivity index is 1.54. The molecule has 1 aromatic heterocycles. The van der Waals surface area contributed by atoms with Gasteiger partial charge in [0.1, 0.15) is 5.75 Å². The van der Waals surface area contributed by atoms with E-state index >= 15 is 0 Å². The Kier molecular flexibility index (Phi) is 4.55. The van der Waals surface area contributed by atoms with E-state index in [4.69, 9.17) is 4.74 Å². The first kappa shape index (κ1) is 18.9. The zero-order valence-electron chi connectivity index (χ0n) is 16.5. The number of nitrogens with zero attached hydrogens (tertiary/aromatic N) is 2. The van der Waals surface area contributed by atoms with Gasteiger partial charge in [0.2, 0.25) is 10.0 Å². The van der Waals surface area contributed by atoms with E-state index in [9.17, 15) is 13.2 Å². The number of fused-ring (bicyclic) bond motifs is 4. The normalized spacial score (nSPS) is 26.7. The fourth-order valence-electron chi connectivity index (χ4n) is 5.09. The number of hydrogen-bond donors (Lipinski definition) is 0. The minimum absolute atomic E-state index is 0.00333. The molecule has 2 aromatic rings. The Morgan fingerprint density at radius 3 is 2.66 bits per heavy atom. The van der Waals surface area contributed by atoms with Crippen molar-refractivity contribution in [2.45, 2.75) is 42.9 Å². The number of aromatic nitrogens is 1. The highest BCUT2D eigenvalue weighted by molar-refractivity contribution is 7.90. The summed E-state index contributed by atoms with van der Waals surface area (Å²) < 4.78 is 34.9. The number of hydrogen-bond acceptors (Lipinski definition) is 4. The summed E-state index contributed by atoms with van der Waals surface area (Å²) in [7, 11) is -1.58. The summed E-state index contributed by atoms with van der Waals surface area (Å²) in [6.07, 6.45) is 3.16. The molecular weight excluding hydrogens is 388 g/mol. The van der Waals surface area contributed by atoms with Crippen molar-refractivity contribution in [3.63, 3.8) is 0 Å². The predicted octanol–water partition coefficient (Wildman–Crippen LogP) is 2.55. The van der Waals surface area contributed by atoms with Crippen LogP contribution in [0.1, 0.15) is 42.5 Å². The number of ether oxygens (including phenoxy) is 1. The number of pyridine rings is 1. The minimum Gasteiger partial charge on any atom is -0.497 e. The lowest BCUT2D eigenvalue weighted by atomic mass is 9.77. The first-order chi connectivity index (χ1) is 14.0. The SMILES string of the molecule is COc1cccc(C[C@H]2[C@H]3C[C@H](CN(S(=O)(=O)C4CC4)C3)c3cccc(=O)n32)c1. The maximum Gasteiger partial charge on any atom is 0.251 e. The van der Waals surface area contributed by atoms with Crippen LogP contribution < -0.4 is 10.3 Å². The van der Waals surface area contributed by atoms with Crippen LogP contribution in [-0.2, 0) is 16.4 Å². The van der Waals surface area contributed by atoms with Crippen LogP contribution in [0.2, 0.25) is 0 Å². The maximum atomic E-state index is 12.9. The number of methoxy groups -OCH3 is 1. The highest BCUT2D eigenvalue weighted by atomic mass is 32.2. The standard InChI is InChI=1S/C22H26N2O4S/c1-28-18-5-2-4-15(10-18)11-21-17-12-16(20-6-3-7-22(25)24(20)21)13-23(14-17)29(26,27)19-8-9-19/h2-7,10,16-17,19,21H,8-9,11-14H2,1H3/t16-,17+,21+/m1/s1. The maximum absolute atomic E-state index is 12.9. The molecule has 5 rings (SSSR count). The number of benzene rings is 1. The van der Waals surface area contributed by atoms with Gasteiger partial charge >= 0.3 is 0 Å². The summed E-state index contributed by atoms with van der Waals surface area (Å²) in [5.74, 6) is 0.997. The van der Waals surface area contributed by atoms with E-state index in [0.717, 1.165) is 36.3 Å². The quantitative estimate of drug-likeness (QED) is 0.754. The molecule has 0 spiro atoms. The molecule has 1 aliphatic carbocycles. The van der Waals surface area contributed by atoms with Crippen molar-refractivity contribution in [1.82, 2.24) is 8.87 Å². The van der Waals surface area contributed by atoms with Gasteiger partial charge in [0, 0.05) is 36.8 Å². The van der Waals surface area contributed by atoms with Crippen molar-refractivity contribution in [3.05, 3.63) is 64.1 Å². The molecule has 1 saturated heterocycles. The third-order valence-electron chi connectivity index (χ3n) is 6.65. The van der Waals surface area contributed by atoms with E-state index in [-0.39, 0.29) is 28.7 Å². The highest BCUT2D eigenvalue weighted by Crippen LogP contribution is 2.44. The average molecular weight is 415 g/mol. The smallest absolute Gasteiger partial charge is 0.251 e. The Labute approximate surface area is 171 Å². The minimum atomic E-state index is -3.22. The molecular formula is C22H26N2O4S. The lowest BCUT2D eigenvalue weighted by Crippen LogP contribution is -2.52. The number of rotatable bonds is 5. The van der Waals surface area contributed by atoms with Crippen LogP contribution in [0.4, 0.5) is 0 Å². The molecule has 1 saturated carbocycles. The molecule has 2 fully saturated rings. The first-order valence-electron chi connectivity index (χ1n) is 10.3. The summed E-state index contributed by atoms with van der Waals surface area (Å²) in [6, 6.07) is 13.3. The summed E-state index contributed by atoms with van der Waals surface area (Å²) in [6.45, 7) is 0.995. The lowest BCUT2D eigenvalue weighted by Gasteiger charge is -2.46. The van der Waals surface area contributed by atoms with Gasteiger partial charge in [-0.2, -0.15) is 0 Å². The topological polar surface area (TPSA) is 68.6 Å². The van der Waals surface area contributed by atoms with Crippen LogP contribution in [0.15, 0.2) is 47.3 Å². The Hall–Kier alpha value is -2.12. The molecule has 6 nitrogen and oxygen atoms in total. The van der Waals surface area contributed by atoms with E-state index in [1.54, 1.807) is 23.5 Å². The van der Waals surface area contributed by atoms with E-state index in [2.05, 4.69) is 0 Å². The van der Waals surface area contributed by atoms with Crippen molar-refractivity contribution >= 4 is 10.0 Å². The fourth-order valence-corrected chi connectivity index (χ4v) is 7.03. The van der Waals surface area contributed by atoms with Crippen molar-refractivity contribution in [2.75, 3.05) is 20.2 Å². The molecule has 7 heteroatoms. The zero-order chi connectivity index (χ0) is 20.2. The van der Waals surface area contributed by atoms with E-state index in [1.165, 1.54) is 0 Å². The van der Waals surface area contributed by atoms with Crippen molar-refractivity contribution in [1.29, 1.82) is 0 Å². The average Bonchev–Trinajstić information content (AvgIpc) is 3.57. The van der Waals surface area contributed by atoms with E-state index in [0.29, 0.717) is 19.5 Å². The molecule has 0 unspecified atom stereocenters. The Bertz CT molecular complexity index is 1090. The van der Waals surface area contributed by atoms with Gasteiger partial charge in [-0.05, 0) is 55.4 Å².